The van der Waals surface area contributed by atoms with Gasteiger partial charge in [0.05, 0.1) is 30.5 Å². The molecule has 0 saturated carbocycles. The van der Waals surface area contributed by atoms with Gasteiger partial charge in [0.25, 0.3) is 0 Å². The van der Waals surface area contributed by atoms with Crippen molar-refractivity contribution < 1.29 is 22.7 Å². The summed E-state index contributed by atoms with van der Waals surface area (Å²) in [6.07, 6.45) is -1.42. The maximum absolute atomic E-state index is 12.8. The van der Waals surface area contributed by atoms with Gasteiger partial charge in [0, 0.05) is 5.69 Å². The van der Waals surface area contributed by atoms with E-state index < -0.39 is 17.8 Å². The number of carbonyl (C=O) groups is 1. The van der Waals surface area contributed by atoms with Crippen molar-refractivity contribution in [1.29, 1.82) is 0 Å². The molecule has 3 rings (SSSR count). The lowest BCUT2D eigenvalue weighted by Gasteiger charge is -2.12. The predicted octanol–water partition coefficient (Wildman–Crippen LogP) is 4.33. The highest BCUT2D eigenvalue weighted by atomic mass is 19.4. The number of alkyl halides is 3. The molecule has 0 aliphatic rings. The minimum atomic E-state index is -4.52. The number of nitrogens with zero attached hydrogens (tertiary/aromatic N) is 4. The standard InChI is InChI=1S/C21H24F3N5O2/c1-13-5-6-18(14(2)7-13)31-12-28-11-17(9-25-28)26-20(30)15(3)10-29-16(4)8-19(27-29)21(22,23)24/h5-9,11,15H,10,12H2,1-4H3,(H,26,30). The van der Waals surface area contributed by atoms with E-state index in [9.17, 15) is 18.0 Å². The average molecular weight is 435 g/mol. The fourth-order valence-corrected chi connectivity index (χ4v) is 3.04. The Morgan fingerprint density at radius 1 is 1.23 bits per heavy atom. The Balaban J connectivity index is 1.56. The summed E-state index contributed by atoms with van der Waals surface area (Å²) < 4.78 is 46.9. The average Bonchev–Trinajstić information content (AvgIpc) is 3.27. The summed E-state index contributed by atoms with van der Waals surface area (Å²) in [6.45, 7) is 7.30. The quantitative estimate of drug-likeness (QED) is 0.599. The van der Waals surface area contributed by atoms with Crippen LogP contribution in [-0.2, 0) is 24.2 Å². The molecule has 0 bridgehead atoms. The van der Waals surface area contributed by atoms with Crippen molar-refractivity contribution in [1.82, 2.24) is 19.6 Å². The fraction of sp³-hybridized carbons (Fsp3) is 0.381. The first-order valence-electron chi connectivity index (χ1n) is 9.68. The van der Waals surface area contributed by atoms with Crippen molar-refractivity contribution in [2.75, 3.05) is 5.32 Å². The SMILES string of the molecule is Cc1ccc(OCn2cc(NC(=O)C(C)Cn3nc(C(F)(F)F)cc3C)cn2)c(C)c1. The third-order valence-electron chi connectivity index (χ3n) is 4.75. The Labute approximate surface area is 177 Å². The van der Waals surface area contributed by atoms with Gasteiger partial charge in [-0.2, -0.15) is 23.4 Å². The van der Waals surface area contributed by atoms with Crippen LogP contribution in [0, 0.1) is 26.7 Å². The van der Waals surface area contributed by atoms with Crippen molar-refractivity contribution in [3.63, 3.8) is 0 Å². The van der Waals surface area contributed by atoms with Crippen molar-refractivity contribution in [3.8, 4) is 5.75 Å². The molecule has 10 heteroatoms. The van der Waals surface area contributed by atoms with Crippen molar-refractivity contribution in [2.24, 2.45) is 5.92 Å². The number of amides is 1. The Kier molecular flexibility index (Phi) is 6.37. The molecule has 2 heterocycles. The summed E-state index contributed by atoms with van der Waals surface area (Å²) >= 11 is 0. The molecule has 1 amide bonds. The van der Waals surface area contributed by atoms with Gasteiger partial charge in [0.15, 0.2) is 12.4 Å². The number of benzene rings is 1. The van der Waals surface area contributed by atoms with Crippen molar-refractivity contribution in [3.05, 3.63) is 59.2 Å². The Morgan fingerprint density at radius 2 is 1.97 bits per heavy atom. The molecule has 1 unspecified atom stereocenters. The van der Waals surface area contributed by atoms with Gasteiger partial charge in [-0.1, -0.05) is 24.6 Å². The van der Waals surface area contributed by atoms with Crippen LogP contribution in [0.2, 0.25) is 0 Å². The molecule has 1 aromatic carbocycles. The third-order valence-corrected chi connectivity index (χ3v) is 4.75. The normalized spacial score (nSPS) is 12.6. The number of anilines is 1. The van der Waals surface area contributed by atoms with Crippen molar-refractivity contribution >= 4 is 11.6 Å². The van der Waals surface area contributed by atoms with Crippen LogP contribution >= 0.6 is 0 Å². The molecule has 0 aliphatic carbocycles. The first-order chi connectivity index (χ1) is 14.5. The summed E-state index contributed by atoms with van der Waals surface area (Å²) in [5, 5.41) is 10.4. The van der Waals surface area contributed by atoms with Gasteiger partial charge in [-0.25, -0.2) is 4.68 Å². The number of ether oxygens (including phenoxy) is 1. The van der Waals surface area contributed by atoms with E-state index in [-0.39, 0.29) is 19.2 Å². The van der Waals surface area contributed by atoms with E-state index in [0.717, 1.165) is 22.9 Å². The summed E-state index contributed by atoms with van der Waals surface area (Å²) in [6, 6.07) is 6.83. The van der Waals surface area contributed by atoms with E-state index >= 15 is 0 Å². The Hall–Kier alpha value is -3.30. The lowest BCUT2D eigenvalue weighted by molar-refractivity contribution is -0.141. The Morgan fingerprint density at radius 3 is 2.61 bits per heavy atom. The monoisotopic (exact) mass is 435 g/mol. The molecule has 1 N–H and O–H groups in total. The van der Waals surface area contributed by atoms with Crippen LogP contribution in [0.3, 0.4) is 0 Å². The second kappa shape index (κ2) is 8.83. The van der Waals surface area contributed by atoms with Crippen LogP contribution in [-0.4, -0.2) is 25.5 Å². The molecule has 1 atom stereocenters. The van der Waals surface area contributed by atoms with Crippen LogP contribution in [0.4, 0.5) is 18.9 Å². The highest BCUT2D eigenvalue weighted by Gasteiger charge is 2.34. The molecule has 0 fully saturated rings. The minimum absolute atomic E-state index is 0.0255. The van der Waals surface area contributed by atoms with Crippen LogP contribution in [0.15, 0.2) is 36.7 Å². The van der Waals surface area contributed by atoms with E-state index in [2.05, 4.69) is 15.5 Å². The zero-order valence-corrected chi connectivity index (χ0v) is 17.7. The predicted molar refractivity (Wildman–Crippen MR) is 109 cm³/mol. The number of nitrogens with one attached hydrogen (secondary N) is 1. The van der Waals surface area contributed by atoms with Gasteiger partial charge in [-0.05, 0) is 38.5 Å². The highest BCUT2D eigenvalue weighted by Crippen LogP contribution is 2.28. The van der Waals surface area contributed by atoms with Crippen LogP contribution < -0.4 is 10.1 Å². The maximum atomic E-state index is 12.8. The van der Waals surface area contributed by atoms with Gasteiger partial charge >= 0.3 is 6.18 Å². The first kappa shape index (κ1) is 22.4. The molecule has 31 heavy (non-hydrogen) atoms. The lowest BCUT2D eigenvalue weighted by atomic mass is 10.1. The fourth-order valence-electron chi connectivity index (χ4n) is 3.04. The van der Waals surface area contributed by atoms with E-state index in [0.29, 0.717) is 11.4 Å². The molecule has 0 aliphatic heterocycles. The van der Waals surface area contributed by atoms with E-state index in [1.807, 2.05) is 32.0 Å². The lowest BCUT2D eigenvalue weighted by Crippen LogP contribution is -2.25. The van der Waals surface area contributed by atoms with Gasteiger partial charge in [-0.15, -0.1) is 0 Å². The summed E-state index contributed by atoms with van der Waals surface area (Å²) in [5.41, 5.74) is 1.99. The molecule has 7 nitrogen and oxygen atoms in total. The number of aryl methyl sites for hydroxylation is 3. The molecular formula is C21H24F3N5O2. The number of hydrogen-bond donors (Lipinski definition) is 1. The number of hydrogen-bond acceptors (Lipinski definition) is 4. The van der Waals surface area contributed by atoms with E-state index in [1.165, 1.54) is 22.5 Å². The van der Waals surface area contributed by atoms with Gasteiger partial charge < -0.3 is 10.1 Å². The van der Waals surface area contributed by atoms with Crippen molar-refractivity contribution in [2.45, 2.75) is 47.1 Å². The Bertz CT molecular complexity index is 1070. The van der Waals surface area contributed by atoms with Gasteiger partial charge in [-0.3, -0.25) is 9.48 Å². The smallest absolute Gasteiger partial charge is 0.435 e. The molecule has 166 valence electrons. The van der Waals surface area contributed by atoms with Crippen LogP contribution in [0.1, 0.15) is 29.4 Å². The first-order valence-corrected chi connectivity index (χ1v) is 9.68. The topological polar surface area (TPSA) is 74.0 Å². The maximum Gasteiger partial charge on any atom is 0.435 e. The molecular weight excluding hydrogens is 411 g/mol. The molecule has 0 spiro atoms. The van der Waals surface area contributed by atoms with Crippen LogP contribution in [0.5, 0.6) is 5.75 Å². The zero-order valence-electron chi connectivity index (χ0n) is 17.7. The molecule has 0 saturated heterocycles. The van der Waals surface area contributed by atoms with E-state index in [1.54, 1.807) is 13.1 Å². The molecule has 3 aromatic rings. The zero-order chi connectivity index (χ0) is 22.8. The molecule has 0 radical (unpaired) electrons. The minimum Gasteiger partial charge on any atom is -0.471 e. The number of carbonyl (C=O) groups excluding carboxylic acids is 1. The molecule has 2 aromatic heterocycles. The second-order valence-electron chi connectivity index (χ2n) is 7.55. The number of halogens is 3. The summed E-state index contributed by atoms with van der Waals surface area (Å²) in [4.78, 5) is 12.5. The highest BCUT2D eigenvalue weighted by molar-refractivity contribution is 5.91. The largest absolute Gasteiger partial charge is 0.471 e. The van der Waals surface area contributed by atoms with Gasteiger partial charge in [0.2, 0.25) is 5.91 Å². The van der Waals surface area contributed by atoms with Crippen LogP contribution in [0.25, 0.3) is 0 Å². The second-order valence-corrected chi connectivity index (χ2v) is 7.55. The summed E-state index contributed by atoms with van der Waals surface area (Å²) in [7, 11) is 0. The van der Waals surface area contributed by atoms with E-state index in [4.69, 9.17) is 4.74 Å². The third kappa shape index (κ3) is 5.65. The number of aromatic nitrogens is 4. The number of rotatable bonds is 7. The van der Waals surface area contributed by atoms with Gasteiger partial charge in [0.1, 0.15) is 5.75 Å². The summed E-state index contributed by atoms with van der Waals surface area (Å²) in [5.74, 6) is -0.207.